The van der Waals surface area contributed by atoms with Crippen LogP contribution in [0.25, 0.3) is 75.5 Å². The van der Waals surface area contributed by atoms with Crippen LogP contribution in [-0.2, 0) is 0 Å². The van der Waals surface area contributed by atoms with E-state index in [0.29, 0.717) is 0 Å². The zero-order chi connectivity index (χ0) is 22.9. The molecule has 0 unspecified atom stereocenters. The number of rotatable bonds is 2. The van der Waals surface area contributed by atoms with Gasteiger partial charge in [0.2, 0.25) is 0 Å². The Morgan fingerprint density at radius 2 is 0.914 bits per heavy atom. The molecule has 162 valence electrons. The van der Waals surface area contributed by atoms with E-state index in [1.165, 1.54) is 75.5 Å². The van der Waals surface area contributed by atoms with Crippen LogP contribution in [0.2, 0.25) is 0 Å². The van der Waals surface area contributed by atoms with Crippen LogP contribution in [0.3, 0.4) is 0 Å². The quantitative estimate of drug-likeness (QED) is 0.241. The second-order valence-electron chi connectivity index (χ2n) is 9.29. The molecule has 1 heterocycles. The maximum atomic E-state index is 2.38. The number of hydrogen-bond acceptors (Lipinski definition) is 1. The third kappa shape index (κ3) is 2.67. The van der Waals surface area contributed by atoms with Crippen LogP contribution in [0, 0.1) is 0 Å². The van der Waals surface area contributed by atoms with E-state index >= 15 is 0 Å². The second-order valence-corrected chi connectivity index (χ2v) is 10.4. The Hall–Kier alpha value is -4.20. The molecule has 0 N–H and O–H groups in total. The summed E-state index contributed by atoms with van der Waals surface area (Å²) in [6, 6.07) is 44.7. The van der Waals surface area contributed by atoms with Crippen LogP contribution in [0.4, 0.5) is 0 Å². The van der Waals surface area contributed by atoms with Crippen LogP contribution in [0.5, 0.6) is 0 Å². The summed E-state index contributed by atoms with van der Waals surface area (Å²) >= 11 is 1.87. The van der Waals surface area contributed by atoms with Crippen LogP contribution in [0.1, 0.15) is 0 Å². The van der Waals surface area contributed by atoms with E-state index in [-0.39, 0.29) is 0 Å². The first-order valence-electron chi connectivity index (χ1n) is 12.0. The summed E-state index contributed by atoms with van der Waals surface area (Å²) in [5, 5.41) is 5.38. The van der Waals surface area contributed by atoms with Gasteiger partial charge in [0.1, 0.15) is 0 Å². The molecule has 6 aromatic carbocycles. The minimum Gasteiger partial charge on any atom is -0.135 e. The summed E-state index contributed by atoms with van der Waals surface area (Å²) in [6.45, 7) is 0. The monoisotopic (exact) mass is 460 g/mol. The van der Waals surface area contributed by atoms with E-state index in [9.17, 15) is 0 Å². The highest BCUT2D eigenvalue weighted by atomic mass is 32.1. The first kappa shape index (κ1) is 19.1. The zero-order valence-corrected chi connectivity index (χ0v) is 19.8. The van der Waals surface area contributed by atoms with Crippen LogP contribution < -0.4 is 0 Å². The number of hydrogen-bond donors (Lipinski definition) is 0. The van der Waals surface area contributed by atoms with Gasteiger partial charge in [-0.1, -0.05) is 103 Å². The van der Waals surface area contributed by atoms with Gasteiger partial charge in [0.15, 0.2) is 0 Å². The number of fused-ring (bicyclic) bond motifs is 6. The molecule has 0 atom stereocenters. The lowest BCUT2D eigenvalue weighted by Gasteiger charge is -2.14. The molecule has 0 bridgehead atoms. The number of benzene rings is 6. The Balaban J connectivity index is 1.38. The maximum Gasteiger partial charge on any atom is 0.0355 e. The summed E-state index contributed by atoms with van der Waals surface area (Å²) in [5.41, 5.74) is 10.5. The van der Waals surface area contributed by atoms with Crippen LogP contribution in [-0.4, -0.2) is 0 Å². The Morgan fingerprint density at radius 1 is 0.343 bits per heavy atom. The van der Waals surface area contributed by atoms with Crippen molar-refractivity contribution in [2.75, 3.05) is 0 Å². The van der Waals surface area contributed by atoms with Gasteiger partial charge in [-0.15, -0.1) is 11.3 Å². The molecule has 8 rings (SSSR count). The summed E-state index contributed by atoms with van der Waals surface area (Å²) in [6.07, 6.45) is 0. The molecule has 0 fully saturated rings. The lowest BCUT2D eigenvalue weighted by molar-refractivity contribution is 1.62. The standard InChI is InChI=1S/C34H20S/c1-2-9-23(22(8-1)21-16-19-33-31(20-21)27-12-5-6-15-32(27)35-33)26-17-18-30-25-11-4-3-10-24(25)28-13-7-14-29(26)34(28)30/h1-20H. The van der Waals surface area contributed by atoms with Gasteiger partial charge < -0.3 is 0 Å². The fourth-order valence-corrected chi connectivity index (χ4v) is 6.99. The second kappa shape index (κ2) is 7.15. The number of thiophene rings is 1. The smallest absolute Gasteiger partial charge is 0.0355 e. The van der Waals surface area contributed by atoms with Crippen LogP contribution >= 0.6 is 11.3 Å². The molecule has 7 aromatic rings. The molecule has 0 saturated carbocycles. The van der Waals surface area contributed by atoms with Crippen molar-refractivity contribution in [2.45, 2.75) is 0 Å². The lowest BCUT2D eigenvalue weighted by Crippen LogP contribution is -1.88. The van der Waals surface area contributed by atoms with E-state index in [4.69, 9.17) is 0 Å². The Labute approximate surface area is 207 Å². The van der Waals surface area contributed by atoms with Crippen molar-refractivity contribution in [3.8, 4) is 44.5 Å². The fourth-order valence-electron chi connectivity index (χ4n) is 5.91. The van der Waals surface area contributed by atoms with E-state index in [1.807, 2.05) is 11.3 Å². The molecule has 1 aliphatic rings. The molecule has 1 aromatic heterocycles. The van der Waals surface area contributed by atoms with Crippen molar-refractivity contribution < 1.29 is 0 Å². The van der Waals surface area contributed by atoms with Crippen molar-refractivity contribution in [3.63, 3.8) is 0 Å². The highest BCUT2D eigenvalue weighted by Crippen LogP contribution is 2.50. The molecule has 0 radical (unpaired) electrons. The summed E-state index contributed by atoms with van der Waals surface area (Å²) in [7, 11) is 0. The van der Waals surface area contributed by atoms with Gasteiger partial charge in [-0.05, 0) is 73.5 Å². The molecule has 35 heavy (non-hydrogen) atoms. The van der Waals surface area contributed by atoms with Gasteiger partial charge in [-0.2, -0.15) is 0 Å². The first-order chi connectivity index (χ1) is 17.4. The Bertz CT molecular complexity index is 1920. The van der Waals surface area contributed by atoms with E-state index in [2.05, 4.69) is 121 Å². The maximum absolute atomic E-state index is 2.38. The Morgan fingerprint density at radius 3 is 1.74 bits per heavy atom. The molecule has 0 saturated heterocycles. The summed E-state index contributed by atoms with van der Waals surface area (Å²) < 4.78 is 2.69. The molecule has 0 spiro atoms. The highest BCUT2D eigenvalue weighted by molar-refractivity contribution is 7.25. The zero-order valence-electron chi connectivity index (χ0n) is 19.0. The van der Waals surface area contributed by atoms with Gasteiger partial charge in [0, 0.05) is 20.2 Å². The summed E-state index contributed by atoms with van der Waals surface area (Å²) in [5.74, 6) is 0. The molecule has 1 heteroatoms. The van der Waals surface area contributed by atoms with E-state index < -0.39 is 0 Å². The van der Waals surface area contributed by atoms with Gasteiger partial charge >= 0.3 is 0 Å². The predicted octanol–water partition coefficient (Wildman–Crippen LogP) is 10.2. The molecule has 0 aliphatic heterocycles. The van der Waals surface area contributed by atoms with Crippen LogP contribution in [0.15, 0.2) is 121 Å². The van der Waals surface area contributed by atoms with Gasteiger partial charge in [-0.25, -0.2) is 0 Å². The summed E-state index contributed by atoms with van der Waals surface area (Å²) in [4.78, 5) is 0. The molecular formula is C34H20S. The largest absolute Gasteiger partial charge is 0.135 e. The third-order valence-corrected chi connectivity index (χ3v) is 8.60. The minimum absolute atomic E-state index is 1.27. The van der Waals surface area contributed by atoms with E-state index in [0.717, 1.165) is 0 Å². The molecule has 0 amide bonds. The van der Waals surface area contributed by atoms with Gasteiger partial charge in [0.25, 0.3) is 0 Å². The van der Waals surface area contributed by atoms with Crippen molar-refractivity contribution in [2.24, 2.45) is 0 Å². The molecule has 1 aliphatic carbocycles. The Kier molecular flexibility index (Phi) is 3.91. The van der Waals surface area contributed by atoms with Gasteiger partial charge in [0.05, 0.1) is 0 Å². The first-order valence-corrected chi connectivity index (χ1v) is 12.8. The topological polar surface area (TPSA) is 0 Å². The van der Waals surface area contributed by atoms with Gasteiger partial charge in [-0.3, -0.25) is 0 Å². The van der Waals surface area contributed by atoms with Crippen molar-refractivity contribution in [3.05, 3.63) is 121 Å². The minimum atomic E-state index is 1.27. The predicted molar refractivity (Wildman–Crippen MR) is 152 cm³/mol. The van der Waals surface area contributed by atoms with Crippen molar-refractivity contribution in [1.29, 1.82) is 0 Å². The average molecular weight is 461 g/mol. The van der Waals surface area contributed by atoms with Crippen molar-refractivity contribution >= 4 is 42.3 Å². The fraction of sp³-hybridized carbons (Fsp3) is 0. The molecule has 0 nitrogen and oxygen atoms in total. The van der Waals surface area contributed by atoms with Crippen molar-refractivity contribution in [1.82, 2.24) is 0 Å². The SMILES string of the molecule is c1ccc(-c2ccc3c4c(cccc24)-c2ccccc2-3)c(-c2ccc3sc4ccccc4c3c2)c1. The normalized spacial score (nSPS) is 12.0. The highest BCUT2D eigenvalue weighted by Gasteiger charge is 2.22. The molecular weight excluding hydrogens is 440 g/mol. The lowest BCUT2D eigenvalue weighted by atomic mass is 9.89. The van der Waals surface area contributed by atoms with E-state index in [1.54, 1.807) is 0 Å². The third-order valence-electron chi connectivity index (χ3n) is 7.45. The average Bonchev–Trinajstić information content (AvgIpc) is 3.46.